The highest BCUT2D eigenvalue weighted by atomic mass is 16.6. The number of rotatable bonds is 38. The second-order valence-corrected chi connectivity index (χ2v) is 18.6. The van der Waals surface area contributed by atoms with Crippen LogP contribution in [0.4, 0.5) is 9.59 Å². The number of amides is 4. The number of hydrogen-bond acceptors (Lipinski definition) is 17. The normalized spacial score (nSPS) is 14.7. The largest absolute Gasteiger partial charge is 0.511 e. The Labute approximate surface area is 404 Å². The summed E-state index contributed by atoms with van der Waals surface area (Å²) in [5, 5.41) is 21.2. The van der Waals surface area contributed by atoms with Crippen LogP contribution in [-0.2, 0) is 61.8 Å². The highest BCUT2D eigenvalue weighted by molar-refractivity contribution is 6.22. The molecule has 0 spiro atoms. The van der Waals surface area contributed by atoms with E-state index < -0.39 is 29.4 Å². The zero-order chi connectivity index (χ0) is 50.7. The van der Waals surface area contributed by atoms with Gasteiger partial charge < -0.3 is 73.7 Å². The van der Waals surface area contributed by atoms with E-state index in [1.807, 2.05) is 13.8 Å². The van der Waals surface area contributed by atoms with E-state index in [4.69, 9.17) is 47.4 Å². The van der Waals surface area contributed by atoms with Crippen LogP contribution in [-0.4, -0.2) is 190 Å². The zero-order valence-electron chi connectivity index (χ0n) is 42.5. The third-order valence-electron chi connectivity index (χ3n) is 9.19. The Balaban J connectivity index is 2.14. The maximum Gasteiger partial charge on any atom is 0.407 e. The van der Waals surface area contributed by atoms with Gasteiger partial charge in [-0.2, -0.15) is 0 Å². The van der Waals surface area contributed by atoms with Gasteiger partial charge in [-0.15, -0.1) is 0 Å². The van der Waals surface area contributed by atoms with Gasteiger partial charge in [0, 0.05) is 38.2 Å². The van der Waals surface area contributed by atoms with Gasteiger partial charge in [-0.3, -0.25) is 19.4 Å². The summed E-state index contributed by atoms with van der Waals surface area (Å²) in [5.74, 6) is -0.668. The van der Waals surface area contributed by atoms with Gasteiger partial charge in [-0.25, -0.2) is 9.59 Å². The van der Waals surface area contributed by atoms with E-state index >= 15 is 0 Å². The van der Waals surface area contributed by atoms with Crippen molar-refractivity contribution in [1.82, 2.24) is 21.3 Å². The van der Waals surface area contributed by atoms with Crippen molar-refractivity contribution < 1.29 is 76.4 Å². The van der Waals surface area contributed by atoms with E-state index in [-0.39, 0.29) is 81.4 Å². The summed E-state index contributed by atoms with van der Waals surface area (Å²) in [6.07, 6.45) is 1.91. The molecule has 1 aliphatic carbocycles. The number of ether oxygens (including phenoxy) is 10. The van der Waals surface area contributed by atoms with Crippen LogP contribution in [0.2, 0.25) is 0 Å². The average Bonchev–Trinajstić information content (AvgIpc) is 3.22. The fourth-order valence-electron chi connectivity index (χ4n) is 6.19. The summed E-state index contributed by atoms with van der Waals surface area (Å²) < 4.78 is 54.6. The van der Waals surface area contributed by atoms with Gasteiger partial charge in [0.25, 0.3) is 0 Å². The van der Waals surface area contributed by atoms with E-state index in [1.54, 1.807) is 48.5 Å². The first-order chi connectivity index (χ1) is 32.2. The molecule has 0 saturated carbocycles. The molecule has 1 atom stereocenters. The number of ketones is 1. The zero-order valence-corrected chi connectivity index (χ0v) is 42.5. The molecule has 21 heteroatoms. The molecule has 0 fully saturated rings. The SMILES string of the molecule is CC(=NCCOCCOCCOCCOCCOCCOCCNC(=O)[C@H](CCCCNC(=O)OC(C)(C)C)NC(=O)NCCOCCOCCC(=O)OC(C)(C)C)C1=C(O)CC(C)(C)CC1=O. The minimum absolute atomic E-state index is 0.0748. The molecule has 1 aliphatic rings. The summed E-state index contributed by atoms with van der Waals surface area (Å²) in [6.45, 7) is 23.1. The quantitative estimate of drug-likeness (QED) is 0.0333. The Morgan fingerprint density at radius 2 is 1.09 bits per heavy atom. The summed E-state index contributed by atoms with van der Waals surface area (Å²) in [6, 6.07) is -1.36. The number of hydrogen-bond donors (Lipinski definition) is 5. The average molecular weight is 976 g/mol. The van der Waals surface area contributed by atoms with Crippen LogP contribution in [0.15, 0.2) is 16.3 Å². The van der Waals surface area contributed by atoms with E-state index in [0.29, 0.717) is 129 Å². The number of alkyl carbamates (subject to hydrolysis) is 1. The van der Waals surface area contributed by atoms with Crippen LogP contribution in [0, 0.1) is 5.41 Å². The summed E-state index contributed by atoms with van der Waals surface area (Å²) in [4.78, 5) is 66.2. The number of esters is 1. The molecule has 0 heterocycles. The third kappa shape index (κ3) is 35.2. The number of urea groups is 1. The van der Waals surface area contributed by atoms with Crippen molar-refractivity contribution in [2.24, 2.45) is 10.4 Å². The van der Waals surface area contributed by atoms with E-state index in [0.717, 1.165) is 0 Å². The number of carbonyl (C=O) groups is 5. The Bertz CT molecular complexity index is 1510. The predicted octanol–water partition coefficient (Wildman–Crippen LogP) is 3.99. The lowest BCUT2D eigenvalue weighted by Crippen LogP contribution is -2.51. The lowest BCUT2D eigenvalue weighted by Gasteiger charge is -2.29. The van der Waals surface area contributed by atoms with Gasteiger partial charge in [0.05, 0.1) is 124 Å². The Morgan fingerprint density at radius 1 is 0.618 bits per heavy atom. The van der Waals surface area contributed by atoms with Crippen molar-refractivity contribution in [3.63, 3.8) is 0 Å². The van der Waals surface area contributed by atoms with E-state index in [1.165, 1.54) is 0 Å². The van der Waals surface area contributed by atoms with Gasteiger partial charge in [0.1, 0.15) is 23.0 Å². The maximum atomic E-state index is 13.1. The first-order valence-corrected chi connectivity index (χ1v) is 23.8. The van der Waals surface area contributed by atoms with Crippen molar-refractivity contribution in [1.29, 1.82) is 0 Å². The number of nitrogens with one attached hydrogen (secondary N) is 4. The van der Waals surface area contributed by atoms with Crippen LogP contribution in [0.3, 0.4) is 0 Å². The van der Waals surface area contributed by atoms with Gasteiger partial charge in [0.15, 0.2) is 5.78 Å². The molecule has 68 heavy (non-hydrogen) atoms. The highest BCUT2D eigenvalue weighted by Gasteiger charge is 2.34. The van der Waals surface area contributed by atoms with Crippen molar-refractivity contribution in [2.45, 2.75) is 118 Å². The second-order valence-electron chi connectivity index (χ2n) is 18.6. The molecule has 394 valence electrons. The Morgan fingerprint density at radius 3 is 1.59 bits per heavy atom. The smallest absolute Gasteiger partial charge is 0.407 e. The molecular formula is C47H85N5O16. The standard InChI is InChI=1S/C47H85N5O16/c1-36(41-38(53)34-47(8,9)35-39(41)54)48-15-19-60-24-26-63-28-30-65-32-33-66-31-29-64-27-25-61-20-16-49-42(56)37(12-10-11-14-51-44(58)68-46(5,6)7)52-43(57)50-17-21-62-23-22-59-18-13-40(55)67-45(2,3)4/h37,53H,10-35H2,1-9H3,(H,49,56)(H,51,58)(H2,50,52,57)/t37-/m0/s1. The van der Waals surface area contributed by atoms with Crippen molar-refractivity contribution in [3.05, 3.63) is 11.3 Å². The molecule has 21 nitrogen and oxygen atoms in total. The van der Waals surface area contributed by atoms with Crippen LogP contribution in [0.1, 0.15) is 101 Å². The molecule has 0 bridgehead atoms. The Kier molecular flexibility index (Phi) is 32.9. The monoisotopic (exact) mass is 976 g/mol. The fourth-order valence-corrected chi connectivity index (χ4v) is 6.19. The molecule has 0 saturated heterocycles. The van der Waals surface area contributed by atoms with Crippen molar-refractivity contribution in [3.8, 4) is 0 Å². The lowest BCUT2D eigenvalue weighted by molar-refractivity contribution is -0.156. The number of unbranched alkanes of at least 4 members (excludes halogenated alkanes) is 1. The van der Waals surface area contributed by atoms with Gasteiger partial charge in [-0.1, -0.05) is 13.8 Å². The van der Waals surface area contributed by atoms with E-state index in [2.05, 4.69) is 26.3 Å². The predicted molar refractivity (Wildman–Crippen MR) is 254 cm³/mol. The lowest BCUT2D eigenvalue weighted by atomic mass is 9.76. The third-order valence-corrected chi connectivity index (χ3v) is 9.19. The minimum atomic E-state index is -0.831. The summed E-state index contributed by atoms with van der Waals surface area (Å²) in [7, 11) is 0. The summed E-state index contributed by atoms with van der Waals surface area (Å²) >= 11 is 0. The van der Waals surface area contributed by atoms with Crippen LogP contribution < -0.4 is 21.3 Å². The minimum Gasteiger partial charge on any atom is -0.511 e. The molecule has 0 aromatic rings. The first-order valence-electron chi connectivity index (χ1n) is 23.8. The topological polar surface area (TPSA) is 258 Å². The van der Waals surface area contributed by atoms with E-state index in [9.17, 15) is 29.1 Å². The number of aliphatic imine (C=N–C) groups is 1. The molecule has 0 aromatic carbocycles. The maximum absolute atomic E-state index is 13.1. The molecule has 0 unspecified atom stereocenters. The number of aliphatic hydroxyl groups is 1. The number of allylic oxidation sites excluding steroid dienone is 2. The number of Topliss-reactive ketones (excluding diaryl/α,β-unsaturated/α-hetero) is 1. The van der Waals surface area contributed by atoms with Crippen molar-refractivity contribution in [2.75, 3.05) is 132 Å². The number of carbonyl (C=O) groups excluding carboxylic acids is 5. The van der Waals surface area contributed by atoms with Crippen molar-refractivity contribution >= 4 is 35.5 Å². The molecule has 1 rings (SSSR count). The first kappa shape index (κ1) is 62.1. The van der Waals surface area contributed by atoms with Crippen LogP contribution >= 0.6 is 0 Å². The fraction of sp³-hybridized carbons (Fsp3) is 0.830. The number of aliphatic hydroxyl groups excluding tert-OH is 1. The summed E-state index contributed by atoms with van der Waals surface area (Å²) in [5.41, 5.74) is -0.523. The molecule has 0 aliphatic heterocycles. The van der Waals surface area contributed by atoms with Gasteiger partial charge in [-0.05, 0) is 73.1 Å². The van der Waals surface area contributed by atoms with Crippen LogP contribution in [0.25, 0.3) is 0 Å². The highest BCUT2D eigenvalue weighted by Crippen LogP contribution is 2.36. The molecule has 0 radical (unpaired) electrons. The van der Waals surface area contributed by atoms with Gasteiger partial charge in [0.2, 0.25) is 5.91 Å². The molecular weight excluding hydrogens is 891 g/mol. The van der Waals surface area contributed by atoms with Crippen LogP contribution in [0.5, 0.6) is 0 Å². The molecule has 4 amide bonds. The molecule has 0 aromatic heterocycles. The Hall–Kier alpha value is -3.96. The molecule has 5 N–H and O–H groups in total. The van der Waals surface area contributed by atoms with Gasteiger partial charge >= 0.3 is 18.1 Å². The number of nitrogens with zero attached hydrogens (tertiary/aromatic N) is 1. The second kappa shape index (κ2) is 36.1.